The van der Waals surface area contributed by atoms with Gasteiger partial charge in [-0.25, -0.2) is 9.78 Å². The number of aryl methyl sites for hydroxylation is 1. The maximum absolute atomic E-state index is 11.7. The van der Waals surface area contributed by atoms with E-state index in [0.717, 1.165) is 10.9 Å². The zero-order chi connectivity index (χ0) is 12.0. The van der Waals surface area contributed by atoms with Gasteiger partial charge >= 0.3 is 5.69 Å². The number of nitrogens with one attached hydrogen (secondary N) is 1. The average Bonchev–Trinajstić information content (AvgIpc) is 2.75. The van der Waals surface area contributed by atoms with E-state index in [0.29, 0.717) is 11.2 Å². The van der Waals surface area contributed by atoms with Crippen molar-refractivity contribution >= 4 is 16.6 Å². The summed E-state index contributed by atoms with van der Waals surface area (Å²) in [6.07, 6.45) is 0. The number of aliphatic hydroxyl groups is 1. The Bertz CT molecular complexity index is 772. The second-order valence-electron chi connectivity index (χ2n) is 3.90. The first-order valence-electron chi connectivity index (χ1n) is 5.18. The standard InChI is InChI=1S/C11H10N4O2/c1-6-2-3-8-7(4-6)10-13-9(5-16)14-15(10)11(17)12-8/h2-4,16H,5H2,1H3,(H,12,17). The van der Waals surface area contributed by atoms with E-state index in [1.54, 1.807) is 0 Å². The highest BCUT2D eigenvalue weighted by atomic mass is 16.3. The number of nitrogens with zero attached hydrogens (tertiary/aromatic N) is 3. The van der Waals surface area contributed by atoms with E-state index in [4.69, 9.17) is 5.11 Å². The fourth-order valence-electron chi connectivity index (χ4n) is 1.86. The van der Waals surface area contributed by atoms with Gasteiger partial charge in [-0.15, -0.1) is 5.10 Å². The minimum Gasteiger partial charge on any atom is -0.388 e. The van der Waals surface area contributed by atoms with Crippen molar-refractivity contribution in [2.75, 3.05) is 0 Å². The summed E-state index contributed by atoms with van der Waals surface area (Å²) in [6, 6.07) is 5.67. The van der Waals surface area contributed by atoms with E-state index in [2.05, 4.69) is 15.1 Å². The zero-order valence-electron chi connectivity index (χ0n) is 9.14. The van der Waals surface area contributed by atoms with Gasteiger partial charge in [-0.3, -0.25) is 0 Å². The third-order valence-corrected chi connectivity index (χ3v) is 2.64. The molecule has 0 aliphatic heterocycles. The molecule has 0 bridgehead atoms. The minimum atomic E-state index is -0.358. The van der Waals surface area contributed by atoms with Gasteiger partial charge in [-0.2, -0.15) is 4.52 Å². The summed E-state index contributed by atoms with van der Waals surface area (Å²) >= 11 is 0. The fourth-order valence-corrected chi connectivity index (χ4v) is 1.86. The minimum absolute atomic E-state index is 0.240. The molecule has 0 atom stereocenters. The second-order valence-corrected chi connectivity index (χ2v) is 3.90. The number of fused-ring (bicyclic) bond motifs is 3. The molecular formula is C11H10N4O2. The second kappa shape index (κ2) is 3.39. The highest BCUT2D eigenvalue weighted by molar-refractivity contribution is 5.91. The molecule has 2 heterocycles. The SMILES string of the molecule is Cc1ccc2[nH]c(=O)n3nc(CO)nc3c2c1. The Kier molecular flexibility index (Phi) is 1.99. The topological polar surface area (TPSA) is 83.3 Å². The summed E-state index contributed by atoms with van der Waals surface area (Å²) in [5.74, 6) is 0.240. The molecule has 0 radical (unpaired) electrons. The number of aromatic nitrogens is 4. The Balaban J connectivity index is 2.56. The van der Waals surface area contributed by atoms with Crippen molar-refractivity contribution in [2.45, 2.75) is 13.5 Å². The van der Waals surface area contributed by atoms with Crippen molar-refractivity contribution in [3.63, 3.8) is 0 Å². The van der Waals surface area contributed by atoms with E-state index in [1.807, 2.05) is 25.1 Å². The first kappa shape index (κ1) is 9.98. The number of hydrogen-bond donors (Lipinski definition) is 2. The Hall–Kier alpha value is -2.21. The van der Waals surface area contributed by atoms with E-state index in [1.165, 1.54) is 4.52 Å². The van der Waals surface area contributed by atoms with Crippen molar-refractivity contribution < 1.29 is 5.11 Å². The first-order valence-corrected chi connectivity index (χ1v) is 5.18. The van der Waals surface area contributed by atoms with E-state index >= 15 is 0 Å². The number of aliphatic hydroxyl groups excluding tert-OH is 1. The smallest absolute Gasteiger partial charge is 0.348 e. The Morgan fingerprint density at radius 2 is 2.29 bits per heavy atom. The number of hydrogen-bond acceptors (Lipinski definition) is 4. The Morgan fingerprint density at radius 3 is 3.06 bits per heavy atom. The van der Waals surface area contributed by atoms with Gasteiger partial charge in [0.05, 0.1) is 5.52 Å². The van der Waals surface area contributed by atoms with Crippen LogP contribution in [0.5, 0.6) is 0 Å². The van der Waals surface area contributed by atoms with Crippen LogP contribution >= 0.6 is 0 Å². The largest absolute Gasteiger partial charge is 0.388 e. The Labute approximate surface area is 95.5 Å². The predicted octanol–water partition coefficient (Wildman–Crippen LogP) is 0.372. The molecule has 3 aromatic rings. The van der Waals surface area contributed by atoms with Gasteiger partial charge < -0.3 is 10.1 Å². The maximum atomic E-state index is 11.7. The van der Waals surface area contributed by atoms with Crippen LogP contribution < -0.4 is 5.69 Å². The lowest BCUT2D eigenvalue weighted by molar-refractivity contribution is 0.271. The molecule has 6 nitrogen and oxygen atoms in total. The monoisotopic (exact) mass is 230 g/mol. The van der Waals surface area contributed by atoms with Gasteiger partial charge in [0.1, 0.15) is 6.61 Å². The summed E-state index contributed by atoms with van der Waals surface area (Å²) in [6.45, 7) is 1.68. The van der Waals surface area contributed by atoms with Crippen LogP contribution in [0, 0.1) is 6.92 Å². The normalized spacial score (nSPS) is 11.4. The highest BCUT2D eigenvalue weighted by Gasteiger charge is 2.09. The molecule has 1 aromatic carbocycles. The quantitative estimate of drug-likeness (QED) is 0.632. The predicted molar refractivity (Wildman–Crippen MR) is 61.8 cm³/mol. The van der Waals surface area contributed by atoms with Crippen molar-refractivity contribution in [2.24, 2.45) is 0 Å². The molecule has 17 heavy (non-hydrogen) atoms. The molecule has 3 rings (SSSR count). The fraction of sp³-hybridized carbons (Fsp3) is 0.182. The molecule has 86 valence electrons. The van der Waals surface area contributed by atoms with Crippen LogP contribution in [0.4, 0.5) is 0 Å². The third-order valence-electron chi connectivity index (χ3n) is 2.64. The molecule has 0 aliphatic carbocycles. The number of benzene rings is 1. The van der Waals surface area contributed by atoms with Gasteiger partial charge in [0, 0.05) is 5.39 Å². The molecule has 0 unspecified atom stereocenters. The Morgan fingerprint density at radius 1 is 1.47 bits per heavy atom. The summed E-state index contributed by atoms with van der Waals surface area (Å²) in [5.41, 5.74) is 1.89. The molecular weight excluding hydrogens is 220 g/mol. The molecule has 2 N–H and O–H groups in total. The van der Waals surface area contributed by atoms with Gasteiger partial charge in [0.15, 0.2) is 11.5 Å². The number of aromatic amines is 1. The summed E-state index contributed by atoms with van der Waals surface area (Å²) in [4.78, 5) is 18.6. The lowest BCUT2D eigenvalue weighted by Crippen LogP contribution is -2.17. The van der Waals surface area contributed by atoms with Crippen LogP contribution in [-0.2, 0) is 6.61 Å². The van der Waals surface area contributed by atoms with E-state index in [9.17, 15) is 4.79 Å². The molecule has 2 aromatic heterocycles. The van der Waals surface area contributed by atoms with Crippen molar-refractivity contribution in [1.82, 2.24) is 19.6 Å². The third kappa shape index (κ3) is 1.42. The van der Waals surface area contributed by atoms with Gasteiger partial charge in [-0.05, 0) is 19.1 Å². The first-order chi connectivity index (χ1) is 8.19. The summed E-state index contributed by atoms with van der Waals surface area (Å²) in [5, 5.41) is 13.7. The zero-order valence-corrected chi connectivity index (χ0v) is 9.14. The van der Waals surface area contributed by atoms with Crippen molar-refractivity contribution in [3.05, 3.63) is 40.1 Å². The van der Waals surface area contributed by atoms with Crippen LogP contribution in [-0.4, -0.2) is 24.7 Å². The number of rotatable bonds is 1. The van der Waals surface area contributed by atoms with E-state index < -0.39 is 0 Å². The van der Waals surface area contributed by atoms with Crippen LogP contribution in [0.15, 0.2) is 23.0 Å². The molecule has 6 heteroatoms. The van der Waals surface area contributed by atoms with Crippen LogP contribution in [0.25, 0.3) is 16.6 Å². The summed E-state index contributed by atoms with van der Waals surface area (Å²) < 4.78 is 1.17. The molecule has 0 saturated carbocycles. The maximum Gasteiger partial charge on any atom is 0.348 e. The van der Waals surface area contributed by atoms with Crippen molar-refractivity contribution in [1.29, 1.82) is 0 Å². The lowest BCUT2D eigenvalue weighted by Gasteiger charge is -2.00. The van der Waals surface area contributed by atoms with Crippen molar-refractivity contribution in [3.8, 4) is 0 Å². The van der Waals surface area contributed by atoms with Gasteiger partial charge in [0.25, 0.3) is 0 Å². The van der Waals surface area contributed by atoms with Crippen LogP contribution in [0.2, 0.25) is 0 Å². The summed E-state index contributed by atoms with van der Waals surface area (Å²) in [7, 11) is 0. The molecule has 0 fully saturated rings. The molecule has 0 spiro atoms. The van der Waals surface area contributed by atoms with E-state index in [-0.39, 0.29) is 18.1 Å². The van der Waals surface area contributed by atoms with Crippen LogP contribution in [0.1, 0.15) is 11.4 Å². The lowest BCUT2D eigenvalue weighted by atomic mass is 10.2. The molecule has 0 amide bonds. The average molecular weight is 230 g/mol. The highest BCUT2D eigenvalue weighted by Crippen LogP contribution is 2.16. The molecule has 0 saturated heterocycles. The molecule has 0 aliphatic rings. The van der Waals surface area contributed by atoms with Crippen LogP contribution in [0.3, 0.4) is 0 Å². The number of H-pyrrole nitrogens is 1. The van der Waals surface area contributed by atoms with Gasteiger partial charge in [-0.1, -0.05) is 11.6 Å². The van der Waals surface area contributed by atoms with Gasteiger partial charge in [0.2, 0.25) is 0 Å².